The van der Waals surface area contributed by atoms with Crippen molar-refractivity contribution in [2.45, 2.75) is 26.8 Å². The van der Waals surface area contributed by atoms with Crippen molar-refractivity contribution >= 4 is 28.0 Å². The zero-order valence-electron chi connectivity index (χ0n) is 15.6. The Bertz CT molecular complexity index is 1060. The number of anilines is 1. The Morgan fingerprint density at radius 3 is 2.59 bits per heavy atom. The van der Waals surface area contributed by atoms with Gasteiger partial charge < -0.3 is 14.6 Å². The minimum atomic E-state index is 0.561. The van der Waals surface area contributed by atoms with Gasteiger partial charge in [0, 0.05) is 18.5 Å². The van der Waals surface area contributed by atoms with Crippen molar-refractivity contribution in [2.75, 3.05) is 18.5 Å². The largest absolute Gasteiger partial charge is 0.494 e. The molecular weight excluding hydrogens is 338 g/mol. The van der Waals surface area contributed by atoms with Crippen LogP contribution in [0.4, 0.5) is 5.95 Å². The lowest BCUT2D eigenvalue weighted by atomic mass is 10.1. The highest BCUT2D eigenvalue weighted by atomic mass is 16.5. The summed E-state index contributed by atoms with van der Waals surface area (Å²) in [7, 11) is 0. The van der Waals surface area contributed by atoms with Crippen molar-refractivity contribution in [3.8, 4) is 5.75 Å². The predicted molar refractivity (Wildman–Crippen MR) is 108 cm³/mol. The molecule has 2 heterocycles. The number of nitrogens with one attached hydrogen (secondary N) is 1. The standard InChI is InChI=1S/C21H23N5O/c1-3-26-18-8-6-5-7-17(18)19-20(26)23-21(25-24-19)22-14-13-15-9-11-16(12-10-15)27-4-2/h5-12H,3-4,13-14H2,1-2H3,(H,22,23,25). The molecule has 0 bridgehead atoms. The fourth-order valence-electron chi connectivity index (χ4n) is 3.34. The van der Waals surface area contributed by atoms with E-state index < -0.39 is 0 Å². The SMILES string of the molecule is CCOc1ccc(CCNc2nnc3c4ccccc4n(CC)c3n2)cc1. The normalized spacial score (nSPS) is 11.2. The number of nitrogens with zero attached hydrogens (tertiary/aromatic N) is 4. The Labute approximate surface area is 158 Å². The molecule has 4 aromatic rings. The highest BCUT2D eigenvalue weighted by Crippen LogP contribution is 2.26. The van der Waals surface area contributed by atoms with Gasteiger partial charge in [-0.1, -0.05) is 30.3 Å². The van der Waals surface area contributed by atoms with Crippen molar-refractivity contribution in [3.05, 3.63) is 54.1 Å². The van der Waals surface area contributed by atoms with Crippen LogP contribution in [0.3, 0.4) is 0 Å². The lowest BCUT2D eigenvalue weighted by Crippen LogP contribution is -2.09. The third-order valence-electron chi connectivity index (χ3n) is 4.62. The molecule has 6 nitrogen and oxygen atoms in total. The summed E-state index contributed by atoms with van der Waals surface area (Å²) in [5.41, 5.74) is 4.10. The third-order valence-corrected chi connectivity index (χ3v) is 4.62. The van der Waals surface area contributed by atoms with Gasteiger partial charge in [-0.25, -0.2) is 0 Å². The molecule has 2 aromatic carbocycles. The number of fused-ring (bicyclic) bond motifs is 3. The molecule has 1 N–H and O–H groups in total. The fraction of sp³-hybridized carbons (Fsp3) is 0.286. The average molecular weight is 361 g/mol. The number of rotatable bonds is 7. The fourth-order valence-corrected chi connectivity index (χ4v) is 3.34. The van der Waals surface area contributed by atoms with Crippen LogP contribution in [-0.2, 0) is 13.0 Å². The van der Waals surface area contributed by atoms with Gasteiger partial charge in [-0.05, 0) is 44.0 Å². The molecule has 0 fully saturated rings. The van der Waals surface area contributed by atoms with Gasteiger partial charge in [0.1, 0.15) is 11.3 Å². The van der Waals surface area contributed by atoms with Gasteiger partial charge in [-0.15, -0.1) is 10.2 Å². The van der Waals surface area contributed by atoms with Crippen LogP contribution in [0.15, 0.2) is 48.5 Å². The van der Waals surface area contributed by atoms with Crippen LogP contribution in [0, 0.1) is 0 Å². The first kappa shape index (κ1) is 17.3. The van der Waals surface area contributed by atoms with E-state index in [-0.39, 0.29) is 0 Å². The molecular formula is C21H23N5O. The van der Waals surface area contributed by atoms with E-state index in [1.165, 1.54) is 5.56 Å². The number of aryl methyl sites for hydroxylation is 1. The zero-order chi connectivity index (χ0) is 18.6. The smallest absolute Gasteiger partial charge is 0.244 e. The van der Waals surface area contributed by atoms with Crippen molar-refractivity contribution in [3.63, 3.8) is 0 Å². The maximum absolute atomic E-state index is 5.48. The van der Waals surface area contributed by atoms with Crippen LogP contribution in [0.25, 0.3) is 22.1 Å². The maximum Gasteiger partial charge on any atom is 0.244 e. The Kier molecular flexibility index (Phi) is 4.87. The van der Waals surface area contributed by atoms with Crippen LogP contribution in [0.2, 0.25) is 0 Å². The zero-order valence-corrected chi connectivity index (χ0v) is 15.6. The number of hydrogen-bond donors (Lipinski definition) is 1. The average Bonchev–Trinajstić information content (AvgIpc) is 3.02. The van der Waals surface area contributed by atoms with E-state index in [0.29, 0.717) is 12.6 Å². The van der Waals surface area contributed by atoms with Gasteiger partial charge >= 0.3 is 0 Å². The summed E-state index contributed by atoms with van der Waals surface area (Å²) in [5.74, 6) is 1.46. The van der Waals surface area contributed by atoms with Crippen LogP contribution >= 0.6 is 0 Å². The molecule has 0 aliphatic heterocycles. The lowest BCUT2D eigenvalue weighted by Gasteiger charge is -2.07. The monoisotopic (exact) mass is 361 g/mol. The second-order valence-corrected chi connectivity index (χ2v) is 6.32. The summed E-state index contributed by atoms with van der Waals surface area (Å²) in [5, 5.41) is 13.1. The van der Waals surface area contributed by atoms with Crippen molar-refractivity contribution < 1.29 is 4.74 Å². The number of benzene rings is 2. The molecule has 0 aliphatic rings. The molecule has 6 heteroatoms. The highest BCUT2D eigenvalue weighted by molar-refractivity contribution is 6.04. The van der Waals surface area contributed by atoms with E-state index in [0.717, 1.165) is 47.3 Å². The first-order chi connectivity index (χ1) is 13.3. The highest BCUT2D eigenvalue weighted by Gasteiger charge is 2.13. The second kappa shape index (κ2) is 7.61. The molecule has 4 rings (SSSR count). The Balaban J connectivity index is 1.50. The first-order valence-corrected chi connectivity index (χ1v) is 9.37. The van der Waals surface area contributed by atoms with Gasteiger partial charge in [0.2, 0.25) is 5.95 Å². The summed E-state index contributed by atoms with van der Waals surface area (Å²) in [6, 6.07) is 16.4. The van der Waals surface area contributed by atoms with Gasteiger partial charge in [-0.2, -0.15) is 4.98 Å². The van der Waals surface area contributed by atoms with Gasteiger partial charge in [0.25, 0.3) is 0 Å². The van der Waals surface area contributed by atoms with E-state index in [4.69, 9.17) is 9.72 Å². The summed E-state index contributed by atoms with van der Waals surface area (Å²) in [6.45, 7) is 6.37. The van der Waals surface area contributed by atoms with Crippen molar-refractivity contribution in [2.24, 2.45) is 0 Å². The molecule has 0 unspecified atom stereocenters. The van der Waals surface area contributed by atoms with Crippen LogP contribution < -0.4 is 10.1 Å². The molecule has 0 atom stereocenters. The van der Waals surface area contributed by atoms with E-state index in [1.807, 2.05) is 31.2 Å². The van der Waals surface area contributed by atoms with Crippen molar-refractivity contribution in [1.82, 2.24) is 19.7 Å². The summed E-state index contributed by atoms with van der Waals surface area (Å²) in [6.07, 6.45) is 0.880. The number of hydrogen-bond acceptors (Lipinski definition) is 5. The molecule has 0 saturated heterocycles. The van der Waals surface area contributed by atoms with Gasteiger partial charge in [-0.3, -0.25) is 0 Å². The van der Waals surface area contributed by atoms with Crippen molar-refractivity contribution in [1.29, 1.82) is 0 Å². The summed E-state index contributed by atoms with van der Waals surface area (Å²) in [4.78, 5) is 4.71. The van der Waals surface area contributed by atoms with Crippen LogP contribution in [-0.4, -0.2) is 32.9 Å². The third kappa shape index (κ3) is 3.43. The first-order valence-electron chi connectivity index (χ1n) is 9.37. The molecule has 0 saturated carbocycles. The predicted octanol–water partition coefficient (Wildman–Crippen LogP) is 4.05. The Morgan fingerprint density at radius 1 is 1.00 bits per heavy atom. The summed E-state index contributed by atoms with van der Waals surface area (Å²) >= 11 is 0. The molecule has 27 heavy (non-hydrogen) atoms. The lowest BCUT2D eigenvalue weighted by molar-refractivity contribution is 0.340. The van der Waals surface area contributed by atoms with Gasteiger partial charge in [0.05, 0.1) is 12.1 Å². The topological polar surface area (TPSA) is 64.9 Å². The number of aromatic nitrogens is 4. The van der Waals surface area contributed by atoms with E-state index in [2.05, 4.69) is 51.3 Å². The molecule has 0 aliphatic carbocycles. The number of para-hydroxylation sites is 1. The molecule has 138 valence electrons. The van der Waals surface area contributed by atoms with Crippen LogP contribution in [0.5, 0.6) is 5.75 Å². The molecule has 2 aromatic heterocycles. The van der Waals surface area contributed by atoms with E-state index >= 15 is 0 Å². The van der Waals surface area contributed by atoms with E-state index in [9.17, 15) is 0 Å². The molecule has 0 amide bonds. The van der Waals surface area contributed by atoms with Crippen LogP contribution in [0.1, 0.15) is 19.4 Å². The minimum absolute atomic E-state index is 0.561. The van der Waals surface area contributed by atoms with E-state index in [1.54, 1.807) is 0 Å². The Morgan fingerprint density at radius 2 is 1.81 bits per heavy atom. The van der Waals surface area contributed by atoms with Gasteiger partial charge in [0.15, 0.2) is 5.65 Å². The molecule has 0 spiro atoms. The Hall–Kier alpha value is -3.15. The quantitative estimate of drug-likeness (QED) is 0.538. The minimum Gasteiger partial charge on any atom is -0.494 e. The maximum atomic E-state index is 5.48. The summed E-state index contributed by atoms with van der Waals surface area (Å²) < 4.78 is 7.65. The molecule has 0 radical (unpaired) electrons. The number of ether oxygens (including phenoxy) is 1. The second-order valence-electron chi connectivity index (χ2n) is 6.32.